The number of likely N-dealkylation sites (tertiary alicyclic amines) is 2. The third-order valence-corrected chi connectivity index (χ3v) is 5.34. The van der Waals surface area contributed by atoms with Gasteiger partial charge in [-0.1, -0.05) is 0 Å². The Morgan fingerprint density at radius 1 is 1.10 bits per heavy atom. The zero-order valence-corrected chi connectivity index (χ0v) is 14.1. The van der Waals surface area contributed by atoms with Crippen LogP contribution < -0.4 is 5.32 Å². The quantitative estimate of drug-likeness (QED) is 0.842. The molecule has 4 nitrogen and oxygen atoms in total. The van der Waals surface area contributed by atoms with E-state index in [1.807, 2.05) is 7.05 Å². The summed E-state index contributed by atoms with van der Waals surface area (Å²) in [7, 11) is 2.02. The summed E-state index contributed by atoms with van der Waals surface area (Å²) < 4.78 is 0. The zero-order chi connectivity index (χ0) is 15.2. The Morgan fingerprint density at radius 3 is 2.24 bits per heavy atom. The minimum Gasteiger partial charge on any atom is -0.342 e. The zero-order valence-electron chi connectivity index (χ0n) is 14.1. The molecule has 21 heavy (non-hydrogen) atoms. The van der Waals surface area contributed by atoms with Crippen LogP contribution in [0.1, 0.15) is 46.0 Å². The molecule has 0 unspecified atom stereocenters. The van der Waals surface area contributed by atoms with E-state index in [1.54, 1.807) is 0 Å². The molecule has 0 bridgehead atoms. The van der Waals surface area contributed by atoms with Gasteiger partial charge in [-0.05, 0) is 78.6 Å². The lowest BCUT2D eigenvalue weighted by molar-refractivity contribution is -0.138. The fourth-order valence-corrected chi connectivity index (χ4v) is 3.71. The topological polar surface area (TPSA) is 35.6 Å². The van der Waals surface area contributed by atoms with Crippen molar-refractivity contribution in [3.8, 4) is 0 Å². The molecule has 2 saturated heterocycles. The molecule has 4 heteroatoms. The van der Waals surface area contributed by atoms with Crippen LogP contribution in [0.3, 0.4) is 0 Å². The van der Waals surface area contributed by atoms with Crippen LogP contribution in [0.4, 0.5) is 0 Å². The van der Waals surface area contributed by atoms with Gasteiger partial charge in [0.05, 0.1) is 0 Å². The van der Waals surface area contributed by atoms with Crippen LogP contribution in [0.2, 0.25) is 0 Å². The van der Waals surface area contributed by atoms with Crippen molar-refractivity contribution in [1.29, 1.82) is 0 Å². The largest absolute Gasteiger partial charge is 0.342 e. The Hall–Kier alpha value is -0.610. The highest BCUT2D eigenvalue weighted by Gasteiger charge is 2.31. The maximum absolute atomic E-state index is 12.6. The SMILES string of the molecule is CNCCC1CCN(C(=O)C2CCN(C(C)C)CC2)CC1. The molecular formula is C17H33N3O. The maximum Gasteiger partial charge on any atom is 0.225 e. The van der Waals surface area contributed by atoms with Gasteiger partial charge in [-0.2, -0.15) is 0 Å². The Balaban J connectivity index is 1.73. The summed E-state index contributed by atoms with van der Waals surface area (Å²) in [6.45, 7) is 9.75. The molecule has 0 atom stereocenters. The van der Waals surface area contributed by atoms with E-state index in [2.05, 4.69) is 29.0 Å². The number of hydrogen-bond acceptors (Lipinski definition) is 3. The molecule has 0 aromatic carbocycles. The van der Waals surface area contributed by atoms with Crippen LogP contribution in [0.25, 0.3) is 0 Å². The Kier molecular flexibility index (Phi) is 6.49. The van der Waals surface area contributed by atoms with Gasteiger partial charge in [-0.15, -0.1) is 0 Å². The van der Waals surface area contributed by atoms with Crippen molar-refractivity contribution in [1.82, 2.24) is 15.1 Å². The summed E-state index contributed by atoms with van der Waals surface area (Å²) in [5.41, 5.74) is 0. The third-order valence-electron chi connectivity index (χ3n) is 5.34. The first-order valence-corrected chi connectivity index (χ1v) is 8.79. The summed E-state index contributed by atoms with van der Waals surface area (Å²) in [5.74, 6) is 1.53. The van der Waals surface area contributed by atoms with E-state index in [0.717, 1.165) is 51.5 Å². The molecule has 2 fully saturated rings. The van der Waals surface area contributed by atoms with E-state index in [4.69, 9.17) is 0 Å². The van der Waals surface area contributed by atoms with Crippen molar-refractivity contribution in [3.05, 3.63) is 0 Å². The first-order valence-electron chi connectivity index (χ1n) is 8.79. The van der Waals surface area contributed by atoms with E-state index in [-0.39, 0.29) is 5.92 Å². The molecule has 122 valence electrons. The van der Waals surface area contributed by atoms with E-state index >= 15 is 0 Å². The lowest BCUT2D eigenvalue weighted by Crippen LogP contribution is -2.46. The predicted octanol–water partition coefficient (Wildman–Crippen LogP) is 1.95. The van der Waals surface area contributed by atoms with Gasteiger partial charge in [0.25, 0.3) is 0 Å². The van der Waals surface area contributed by atoms with Crippen LogP contribution in [-0.4, -0.2) is 61.5 Å². The van der Waals surface area contributed by atoms with Crippen molar-refractivity contribution in [2.45, 2.75) is 52.0 Å². The highest BCUT2D eigenvalue weighted by Crippen LogP contribution is 2.25. The molecule has 2 rings (SSSR count). The molecule has 0 aromatic heterocycles. The predicted molar refractivity (Wildman–Crippen MR) is 87.3 cm³/mol. The summed E-state index contributed by atoms with van der Waals surface area (Å²) in [6.07, 6.45) is 5.75. The molecule has 0 radical (unpaired) electrons. The van der Waals surface area contributed by atoms with Crippen molar-refractivity contribution < 1.29 is 4.79 Å². The minimum absolute atomic E-state index is 0.286. The van der Waals surface area contributed by atoms with E-state index < -0.39 is 0 Å². The van der Waals surface area contributed by atoms with Crippen molar-refractivity contribution in [2.75, 3.05) is 39.8 Å². The second kappa shape index (κ2) is 8.14. The van der Waals surface area contributed by atoms with Gasteiger partial charge >= 0.3 is 0 Å². The van der Waals surface area contributed by atoms with Crippen molar-refractivity contribution in [3.63, 3.8) is 0 Å². The van der Waals surface area contributed by atoms with Crippen LogP contribution in [0.15, 0.2) is 0 Å². The molecule has 0 aromatic rings. The van der Waals surface area contributed by atoms with Crippen LogP contribution in [-0.2, 0) is 4.79 Å². The number of carbonyl (C=O) groups is 1. The molecule has 1 N–H and O–H groups in total. The molecule has 1 amide bonds. The van der Waals surface area contributed by atoms with Gasteiger partial charge in [0.1, 0.15) is 0 Å². The van der Waals surface area contributed by atoms with Gasteiger partial charge in [0.2, 0.25) is 5.91 Å². The number of nitrogens with one attached hydrogen (secondary N) is 1. The van der Waals surface area contributed by atoms with Gasteiger partial charge in [-0.3, -0.25) is 4.79 Å². The molecule has 0 spiro atoms. The first-order chi connectivity index (χ1) is 10.1. The van der Waals surface area contributed by atoms with Crippen LogP contribution in [0, 0.1) is 11.8 Å². The summed E-state index contributed by atoms with van der Waals surface area (Å²) >= 11 is 0. The molecular weight excluding hydrogens is 262 g/mol. The number of carbonyl (C=O) groups excluding carboxylic acids is 1. The first kappa shape index (κ1) is 16.8. The van der Waals surface area contributed by atoms with Crippen molar-refractivity contribution in [2.24, 2.45) is 11.8 Å². The molecule has 0 aliphatic carbocycles. The summed E-state index contributed by atoms with van der Waals surface area (Å²) in [4.78, 5) is 17.3. The Labute approximate surface area is 130 Å². The number of amides is 1. The number of rotatable bonds is 5. The van der Waals surface area contributed by atoms with Crippen LogP contribution >= 0.6 is 0 Å². The second-order valence-electron chi connectivity index (χ2n) is 7.06. The maximum atomic E-state index is 12.6. The average molecular weight is 295 g/mol. The standard InChI is InChI=1S/C17H33N3O/c1-14(2)19-12-7-16(8-13-19)17(21)20-10-5-15(6-11-20)4-9-18-3/h14-16,18H,4-13H2,1-3H3. The molecule has 0 saturated carbocycles. The number of piperidine rings is 2. The number of hydrogen-bond donors (Lipinski definition) is 1. The lowest BCUT2D eigenvalue weighted by Gasteiger charge is -2.38. The fourth-order valence-electron chi connectivity index (χ4n) is 3.71. The van der Waals surface area contributed by atoms with Gasteiger partial charge in [0.15, 0.2) is 0 Å². The van der Waals surface area contributed by atoms with Gasteiger partial charge < -0.3 is 15.1 Å². The van der Waals surface area contributed by atoms with Crippen molar-refractivity contribution >= 4 is 5.91 Å². The average Bonchev–Trinajstić information content (AvgIpc) is 2.53. The van der Waals surface area contributed by atoms with Gasteiger partial charge in [-0.25, -0.2) is 0 Å². The molecule has 2 aliphatic rings. The highest BCUT2D eigenvalue weighted by molar-refractivity contribution is 5.79. The monoisotopic (exact) mass is 295 g/mol. The lowest BCUT2D eigenvalue weighted by atomic mass is 9.90. The van der Waals surface area contributed by atoms with E-state index in [1.165, 1.54) is 19.3 Å². The van der Waals surface area contributed by atoms with E-state index in [0.29, 0.717) is 11.9 Å². The Morgan fingerprint density at radius 2 is 1.71 bits per heavy atom. The highest BCUT2D eigenvalue weighted by atomic mass is 16.2. The minimum atomic E-state index is 0.286. The van der Waals surface area contributed by atoms with Crippen LogP contribution in [0.5, 0.6) is 0 Å². The molecule has 2 aliphatic heterocycles. The number of nitrogens with zero attached hydrogens (tertiary/aromatic N) is 2. The van der Waals surface area contributed by atoms with Gasteiger partial charge in [0, 0.05) is 25.0 Å². The smallest absolute Gasteiger partial charge is 0.225 e. The second-order valence-corrected chi connectivity index (χ2v) is 7.06. The third kappa shape index (κ3) is 4.68. The molecule has 2 heterocycles. The van der Waals surface area contributed by atoms with E-state index in [9.17, 15) is 4.79 Å². The fraction of sp³-hybridized carbons (Fsp3) is 0.941. The normalized spacial score (nSPS) is 23.0. The summed E-state index contributed by atoms with van der Waals surface area (Å²) in [5, 5.41) is 3.23. The Bertz CT molecular complexity index is 316. The summed E-state index contributed by atoms with van der Waals surface area (Å²) in [6, 6.07) is 0.615.